The average molecular weight is 386 g/mol. The summed E-state index contributed by atoms with van der Waals surface area (Å²) in [6.07, 6.45) is 0. The Bertz CT molecular complexity index is 701. The van der Waals surface area contributed by atoms with Gasteiger partial charge in [0.25, 0.3) is 0 Å². The number of carbonyl (C=O) groups is 1. The monoisotopic (exact) mass is 386 g/mol. The molecule has 0 aliphatic carbocycles. The van der Waals surface area contributed by atoms with Crippen molar-refractivity contribution in [3.63, 3.8) is 0 Å². The minimum absolute atomic E-state index is 0.0993. The van der Waals surface area contributed by atoms with Crippen molar-refractivity contribution in [2.24, 2.45) is 0 Å². The van der Waals surface area contributed by atoms with Crippen LogP contribution in [0.15, 0.2) is 29.2 Å². The van der Waals surface area contributed by atoms with Gasteiger partial charge in [-0.15, -0.1) is 0 Å². The number of amides is 1. The predicted molar refractivity (Wildman–Crippen MR) is 98.9 cm³/mol. The number of hydrogen-bond acceptors (Lipinski definition) is 5. The standard InChI is InChI=1S/C15H22N4O4S2/c1-12(20)16-6-7-17-15(24)18-13-2-4-14(5-3-13)25(21,22)19-8-10-23-11-9-19/h2-5H,6-11H2,1H3,(H,16,20)(H2,17,18,24). The second kappa shape index (κ2) is 9.09. The number of rotatable bonds is 6. The van der Waals surface area contributed by atoms with Crippen molar-refractivity contribution in [1.29, 1.82) is 0 Å². The van der Waals surface area contributed by atoms with E-state index in [1.807, 2.05) is 0 Å². The summed E-state index contributed by atoms with van der Waals surface area (Å²) in [4.78, 5) is 11.0. The summed E-state index contributed by atoms with van der Waals surface area (Å²) in [7, 11) is -3.50. The molecule has 0 unspecified atom stereocenters. The van der Waals surface area contributed by atoms with Gasteiger partial charge in [0.1, 0.15) is 0 Å². The van der Waals surface area contributed by atoms with Crippen LogP contribution in [0, 0.1) is 0 Å². The normalized spacial score (nSPS) is 15.4. The van der Waals surface area contributed by atoms with Gasteiger partial charge in [0, 0.05) is 38.8 Å². The van der Waals surface area contributed by atoms with Gasteiger partial charge in [0.2, 0.25) is 15.9 Å². The third kappa shape index (κ3) is 5.92. The van der Waals surface area contributed by atoms with Crippen LogP contribution in [0.25, 0.3) is 0 Å². The van der Waals surface area contributed by atoms with Gasteiger partial charge in [-0.1, -0.05) is 0 Å². The summed E-state index contributed by atoms with van der Waals surface area (Å²) < 4.78 is 31.7. The molecular weight excluding hydrogens is 364 g/mol. The van der Waals surface area contributed by atoms with Gasteiger partial charge in [-0.2, -0.15) is 4.31 Å². The van der Waals surface area contributed by atoms with E-state index in [0.29, 0.717) is 50.2 Å². The predicted octanol–water partition coefficient (Wildman–Crippen LogP) is 0.130. The summed E-state index contributed by atoms with van der Waals surface area (Å²) in [6, 6.07) is 6.42. The highest BCUT2D eigenvalue weighted by molar-refractivity contribution is 7.89. The van der Waals surface area contributed by atoms with E-state index in [1.54, 1.807) is 24.3 Å². The maximum absolute atomic E-state index is 12.5. The minimum atomic E-state index is -3.50. The van der Waals surface area contributed by atoms with Crippen LogP contribution in [0.5, 0.6) is 0 Å². The Morgan fingerprint density at radius 2 is 1.76 bits per heavy atom. The third-order valence-electron chi connectivity index (χ3n) is 3.50. The van der Waals surface area contributed by atoms with Crippen LogP contribution in [-0.4, -0.2) is 63.1 Å². The first-order chi connectivity index (χ1) is 11.9. The van der Waals surface area contributed by atoms with E-state index in [0.717, 1.165) is 0 Å². The summed E-state index contributed by atoms with van der Waals surface area (Å²) in [5.41, 5.74) is 0.679. The largest absolute Gasteiger partial charge is 0.379 e. The lowest BCUT2D eigenvalue weighted by molar-refractivity contribution is -0.118. The molecule has 138 valence electrons. The first-order valence-corrected chi connectivity index (χ1v) is 9.71. The fraction of sp³-hybridized carbons (Fsp3) is 0.467. The first-order valence-electron chi connectivity index (χ1n) is 7.87. The van der Waals surface area contributed by atoms with Gasteiger partial charge in [0.15, 0.2) is 5.11 Å². The van der Waals surface area contributed by atoms with Crippen molar-refractivity contribution in [1.82, 2.24) is 14.9 Å². The topological polar surface area (TPSA) is 99.8 Å². The van der Waals surface area contributed by atoms with E-state index in [-0.39, 0.29) is 10.8 Å². The molecule has 8 nitrogen and oxygen atoms in total. The quantitative estimate of drug-likeness (QED) is 0.472. The van der Waals surface area contributed by atoms with E-state index in [1.165, 1.54) is 11.2 Å². The van der Waals surface area contributed by atoms with Crippen LogP contribution in [0.2, 0.25) is 0 Å². The molecule has 0 bridgehead atoms. The Kier molecular flexibility index (Phi) is 7.12. The van der Waals surface area contributed by atoms with Gasteiger partial charge in [-0.05, 0) is 36.5 Å². The second-order valence-electron chi connectivity index (χ2n) is 5.40. The summed E-state index contributed by atoms with van der Waals surface area (Å²) >= 11 is 5.15. The molecule has 1 saturated heterocycles. The number of sulfonamides is 1. The van der Waals surface area contributed by atoms with Crippen LogP contribution in [0.3, 0.4) is 0 Å². The van der Waals surface area contributed by atoms with Crippen LogP contribution in [0.1, 0.15) is 6.92 Å². The zero-order chi connectivity index (χ0) is 18.3. The summed E-state index contributed by atoms with van der Waals surface area (Å²) in [6.45, 7) is 3.97. The van der Waals surface area contributed by atoms with Crippen molar-refractivity contribution >= 4 is 38.9 Å². The molecule has 0 radical (unpaired) electrons. The molecule has 0 aromatic heterocycles. The SMILES string of the molecule is CC(=O)NCCNC(=S)Nc1ccc(S(=O)(=O)N2CCOCC2)cc1. The average Bonchev–Trinajstić information content (AvgIpc) is 2.60. The van der Waals surface area contributed by atoms with Gasteiger partial charge < -0.3 is 20.7 Å². The maximum Gasteiger partial charge on any atom is 0.243 e. The fourth-order valence-corrected chi connectivity index (χ4v) is 3.86. The second-order valence-corrected chi connectivity index (χ2v) is 7.75. The first kappa shape index (κ1) is 19.6. The molecular formula is C15H22N4O4S2. The number of carbonyl (C=O) groups excluding carboxylic acids is 1. The van der Waals surface area contributed by atoms with Crippen LogP contribution < -0.4 is 16.0 Å². The molecule has 1 amide bonds. The summed E-state index contributed by atoms with van der Waals surface area (Å²) in [5.74, 6) is -0.0993. The number of anilines is 1. The highest BCUT2D eigenvalue weighted by atomic mass is 32.2. The van der Waals surface area contributed by atoms with E-state index in [9.17, 15) is 13.2 Å². The van der Waals surface area contributed by atoms with Gasteiger partial charge in [0.05, 0.1) is 18.1 Å². The zero-order valence-electron chi connectivity index (χ0n) is 13.9. The van der Waals surface area contributed by atoms with E-state index >= 15 is 0 Å². The Morgan fingerprint density at radius 3 is 2.36 bits per heavy atom. The molecule has 10 heteroatoms. The van der Waals surface area contributed by atoms with Crippen molar-refractivity contribution in [2.45, 2.75) is 11.8 Å². The molecule has 3 N–H and O–H groups in total. The molecule has 0 spiro atoms. The molecule has 25 heavy (non-hydrogen) atoms. The van der Waals surface area contributed by atoms with Gasteiger partial charge >= 0.3 is 0 Å². The van der Waals surface area contributed by atoms with Crippen molar-refractivity contribution < 1.29 is 17.9 Å². The lowest BCUT2D eigenvalue weighted by Gasteiger charge is -2.26. The molecule has 1 aliphatic heterocycles. The highest BCUT2D eigenvalue weighted by Crippen LogP contribution is 2.19. The highest BCUT2D eigenvalue weighted by Gasteiger charge is 2.26. The van der Waals surface area contributed by atoms with Crippen molar-refractivity contribution in [3.05, 3.63) is 24.3 Å². The number of hydrogen-bond donors (Lipinski definition) is 3. The van der Waals surface area contributed by atoms with Gasteiger partial charge in [-0.3, -0.25) is 4.79 Å². The number of nitrogens with zero attached hydrogens (tertiary/aromatic N) is 1. The van der Waals surface area contributed by atoms with Crippen LogP contribution in [0.4, 0.5) is 5.69 Å². The number of thiocarbonyl (C=S) groups is 1. The Balaban J connectivity index is 1.88. The molecule has 2 rings (SSSR count). The van der Waals surface area contributed by atoms with E-state index in [4.69, 9.17) is 17.0 Å². The Labute approximate surface area is 153 Å². The lowest BCUT2D eigenvalue weighted by Crippen LogP contribution is -2.40. The minimum Gasteiger partial charge on any atom is -0.379 e. The Hall–Kier alpha value is -1.75. The molecule has 0 saturated carbocycles. The number of morpholine rings is 1. The molecule has 1 aliphatic rings. The number of nitrogens with one attached hydrogen (secondary N) is 3. The van der Waals surface area contributed by atoms with Crippen LogP contribution in [-0.2, 0) is 19.6 Å². The van der Waals surface area contributed by atoms with E-state index < -0.39 is 10.0 Å². The molecule has 1 heterocycles. The summed E-state index contributed by atoms with van der Waals surface area (Å²) in [5, 5.41) is 8.96. The fourth-order valence-electron chi connectivity index (χ4n) is 2.24. The number of ether oxygens (including phenoxy) is 1. The van der Waals surface area contributed by atoms with Crippen molar-refractivity contribution in [3.8, 4) is 0 Å². The van der Waals surface area contributed by atoms with Crippen molar-refractivity contribution in [2.75, 3.05) is 44.7 Å². The third-order valence-corrected chi connectivity index (χ3v) is 5.66. The smallest absolute Gasteiger partial charge is 0.243 e. The maximum atomic E-state index is 12.5. The van der Waals surface area contributed by atoms with Crippen LogP contribution >= 0.6 is 12.2 Å². The molecule has 1 aromatic rings. The molecule has 1 aromatic carbocycles. The van der Waals surface area contributed by atoms with Gasteiger partial charge in [-0.25, -0.2) is 8.42 Å². The lowest BCUT2D eigenvalue weighted by atomic mass is 10.3. The Morgan fingerprint density at radius 1 is 1.16 bits per heavy atom. The number of benzene rings is 1. The molecule has 1 fully saturated rings. The molecule has 0 atom stereocenters. The van der Waals surface area contributed by atoms with E-state index in [2.05, 4.69) is 16.0 Å². The zero-order valence-corrected chi connectivity index (χ0v) is 15.6.